The zero-order chi connectivity index (χ0) is 14.8. The second-order valence-corrected chi connectivity index (χ2v) is 5.28. The van der Waals surface area contributed by atoms with Crippen LogP contribution in [0.4, 0.5) is 0 Å². The Hall–Kier alpha value is -0.460. The van der Waals surface area contributed by atoms with Crippen molar-refractivity contribution in [3.8, 4) is 0 Å². The van der Waals surface area contributed by atoms with Crippen LogP contribution in [-0.2, 0) is 9.47 Å². The smallest absolute Gasteiger partial charge is 0.186 e. The van der Waals surface area contributed by atoms with Gasteiger partial charge in [0.15, 0.2) is 6.29 Å². The van der Waals surface area contributed by atoms with Crippen molar-refractivity contribution in [1.82, 2.24) is 0 Å². The van der Waals surface area contributed by atoms with Crippen molar-refractivity contribution in [2.24, 2.45) is 0 Å². The number of aliphatic hydroxyl groups is 3. The highest BCUT2D eigenvalue weighted by Crippen LogP contribution is 2.22. The Kier molecular flexibility index (Phi) is 9.05. The highest BCUT2D eigenvalue weighted by Gasteiger charge is 2.42. The van der Waals surface area contributed by atoms with E-state index in [0.717, 1.165) is 19.3 Å². The molecule has 4 atom stereocenters. The first-order valence-corrected chi connectivity index (χ1v) is 7.55. The molecule has 20 heavy (non-hydrogen) atoms. The van der Waals surface area contributed by atoms with E-state index < -0.39 is 24.6 Å². The van der Waals surface area contributed by atoms with Gasteiger partial charge in [0.25, 0.3) is 0 Å². The molecule has 1 unspecified atom stereocenters. The lowest BCUT2D eigenvalue weighted by Crippen LogP contribution is -2.34. The third kappa shape index (κ3) is 5.89. The van der Waals surface area contributed by atoms with Crippen LogP contribution < -0.4 is 0 Å². The van der Waals surface area contributed by atoms with Gasteiger partial charge in [-0.2, -0.15) is 0 Å². The Morgan fingerprint density at radius 1 is 1.00 bits per heavy atom. The van der Waals surface area contributed by atoms with Crippen LogP contribution in [0, 0.1) is 0 Å². The van der Waals surface area contributed by atoms with E-state index in [0.29, 0.717) is 6.61 Å². The Labute approximate surface area is 121 Å². The van der Waals surface area contributed by atoms with Gasteiger partial charge in [0.05, 0.1) is 6.61 Å². The molecule has 0 amide bonds. The molecule has 0 aliphatic carbocycles. The van der Waals surface area contributed by atoms with Crippen molar-refractivity contribution in [3.63, 3.8) is 0 Å². The minimum absolute atomic E-state index is 0.317. The summed E-state index contributed by atoms with van der Waals surface area (Å²) in [5.74, 6) is 0. The molecule has 0 aromatic heterocycles. The van der Waals surface area contributed by atoms with Crippen molar-refractivity contribution in [2.75, 3.05) is 13.2 Å². The molecule has 1 fully saturated rings. The van der Waals surface area contributed by atoms with Crippen LogP contribution >= 0.6 is 0 Å². The molecule has 3 N–H and O–H groups in total. The van der Waals surface area contributed by atoms with Gasteiger partial charge in [0.2, 0.25) is 0 Å². The van der Waals surface area contributed by atoms with E-state index in [4.69, 9.17) is 14.6 Å². The molecule has 5 nitrogen and oxygen atoms in total. The summed E-state index contributed by atoms with van der Waals surface area (Å²) >= 11 is 0. The van der Waals surface area contributed by atoms with Crippen LogP contribution in [-0.4, -0.2) is 53.1 Å². The normalized spacial score (nSPS) is 29.8. The molecule has 1 saturated heterocycles. The van der Waals surface area contributed by atoms with Crippen LogP contribution in [0.15, 0.2) is 12.7 Å². The van der Waals surface area contributed by atoms with Gasteiger partial charge in [-0.15, -0.1) is 6.58 Å². The Balaban J connectivity index is 1.98. The van der Waals surface area contributed by atoms with E-state index in [2.05, 4.69) is 6.58 Å². The molecule has 0 aromatic carbocycles. The molecule has 0 aromatic rings. The Morgan fingerprint density at radius 2 is 1.65 bits per heavy atom. The molecule has 0 saturated carbocycles. The van der Waals surface area contributed by atoms with Gasteiger partial charge in [-0.3, -0.25) is 0 Å². The average Bonchev–Trinajstić information content (AvgIpc) is 2.73. The highest BCUT2D eigenvalue weighted by atomic mass is 16.7. The number of ether oxygens (including phenoxy) is 2. The summed E-state index contributed by atoms with van der Waals surface area (Å²) in [5.41, 5.74) is 0. The van der Waals surface area contributed by atoms with Crippen molar-refractivity contribution in [3.05, 3.63) is 12.7 Å². The lowest BCUT2D eigenvalue weighted by molar-refractivity contribution is -0.169. The summed E-state index contributed by atoms with van der Waals surface area (Å²) in [7, 11) is 0. The maximum Gasteiger partial charge on any atom is 0.186 e. The maximum absolute atomic E-state index is 9.66. The minimum Gasteiger partial charge on any atom is -0.394 e. The largest absolute Gasteiger partial charge is 0.394 e. The number of aliphatic hydroxyl groups excluding tert-OH is 3. The van der Waals surface area contributed by atoms with Gasteiger partial charge in [0.1, 0.15) is 18.3 Å². The number of hydrogen-bond acceptors (Lipinski definition) is 5. The average molecular weight is 288 g/mol. The quantitative estimate of drug-likeness (QED) is 0.395. The number of rotatable bonds is 11. The van der Waals surface area contributed by atoms with Gasteiger partial charge in [-0.05, 0) is 19.3 Å². The fraction of sp³-hybridized carbons (Fsp3) is 0.867. The van der Waals surface area contributed by atoms with E-state index in [1.54, 1.807) is 0 Å². The lowest BCUT2D eigenvalue weighted by atomic mass is 10.1. The first-order valence-electron chi connectivity index (χ1n) is 7.55. The molecule has 1 heterocycles. The zero-order valence-electron chi connectivity index (χ0n) is 12.1. The SMILES string of the molecule is C=CCCCCCCCCO[C@@H]1O[C@H](CO)C(O)[C@@H]1O. The second kappa shape index (κ2) is 10.3. The second-order valence-electron chi connectivity index (χ2n) is 5.28. The van der Waals surface area contributed by atoms with Crippen LogP contribution in [0.5, 0.6) is 0 Å². The molecule has 1 aliphatic heterocycles. The predicted molar refractivity (Wildman–Crippen MR) is 76.2 cm³/mol. The third-order valence-electron chi connectivity index (χ3n) is 3.58. The fourth-order valence-electron chi connectivity index (χ4n) is 2.30. The molecule has 1 aliphatic rings. The molecule has 0 spiro atoms. The van der Waals surface area contributed by atoms with Crippen molar-refractivity contribution < 1.29 is 24.8 Å². The topological polar surface area (TPSA) is 79.2 Å². The first-order chi connectivity index (χ1) is 9.70. The van der Waals surface area contributed by atoms with Gasteiger partial charge in [0, 0.05) is 6.61 Å². The molecule has 1 rings (SSSR count). The maximum atomic E-state index is 9.66. The molecule has 118 valence electrons. The van der Waals surface area contributed by atoms with Gasteiger partial charge in [-0.1, -0.05) is 31.8 Å². The fourth-order valence-corrected chi connectivity index (χ4v) is 2.30. The summed E-state index contributed by atoms with van der Waals surface area (Å²) in [4.78, 5) is 0. The first kappa shape index (κ1) is 17.6. The minimum atomic E-state index is -1.08. The van der Waals surface area contributed by atoms with Gasteiger partial charge >= 0.3 is 0 Å². The van der Waals surface area contributed by atoms with Crippen LogP contribution in [0.25, 0.3) is 0 Å². The van der Waals surface area contributed by atoms with Crippen LogP contribution in [0.2, 0.25) is 0 Å². The Bertz CT molecular complexity index is 259. The molecular weight excluding hydrogens is 260 g/mol. The van der Waals surface area contributed by atoms with Crippen LogP contribution in [0.1, 0.15) is 44.9 Å². The molecule has 0 bridgehead atoms. The molecule has 0 radical (unpaired) electrons. The van der Waals surface area contributed by atoms with Crippen LogP contribution in [0.3, 0.4) is 0 Å². The lowest BCUT2D eigenvalue weighted by Gasteiger charge is -2.15. The van der Waals surface area contributed by atoms with E-state index in [1.165, 1.54) is 25.7 Å². The standard InChI is InChI=1S/C15H28O5/c1-2-3-4-5-6-7-8-9-10-19-15-14(18)13(17)12(11-16)20-15/h2,12-18H,1,3-11H2/t12-,13?,14+,15-/m1/s1. The van der Waals surface area contributed by atoms with E-state index >= 15 is 0 Å². The molecule has 5 heteroatoms. The monoisotopic (exact) mass is 288 g/mol. The summed E-state index contributed by atoms with van der Waals surface area (Å²) in [6, 6.07) is 0. The van der Waals surface area contributed by atoms with E-state index in [1.807, 2.05) is 6.08 Å². The summed E-state index contributed by atoms with van der Waals surface area (Å²) in [6.45, 7) is 3.88. The van der Waals surface area contributed by atoms with Crippen molar-refractivity contribution in [2.45, 2.75) is 69.5 Å². The van der Waals surface area contributed by atoms with E-state index in [-0.39, 0.29) is 6.61 Å². The summed E-state index contributed by atoms with van der Waals surface area (Å²) < 4.78 is 10.6. The zero-order valence-corrected chi connectivity index (χ0v) is 12.1. The summed E-state index contributed by atoms with van der Waals surface area (Å²) in [5, 5.41) is 28.2. The third-order valence-corrected chi connectivity index (χ3v) is 3.58. The molecular formula is C15H28O5. The van der Waals surface area contributed by atoms with Gasteiger partial charge in [-0.25, -0.2) is 0 Å². The number of unbranched alkanes of at least 4 members (excludes halogenated alkanes) is 6. The number of allylic oxidation sites excluding steroid dienone is 1. The van der Waals surface area contributed by atoms with Crippen molar-refractivity contribution in [1.29, 1.82) is 0 Å². The highest BCUT2D eigenvalue weighted by molar-refractivity contribution is 4.86. The summed E-state index contributed by atoms with van der Waals surface area (Å²) in [6.07, 6.45) is 6.16. The van der Waals surface area contributed by atoms with E-state index in [9.17, 15) is 10.2 Å². The van der Waals surface area contributed by atoms with Crippen molar-refractivity contribution >= 4 is 0 Å². The predicted octanol–water partition coefficient (Wildman–Crippen LogP) is 1.36. The van der Waals surface area contributed by atoms with Gasteiger partial charge < -0.3 is 24.8 Å². The Morgan fingerprint density at radius 3 is 2.25 bits per heavy atom. The number of hydrogen-bond donors (Lipinski definition) is 3.